The van der Waals surface area contributed by atoms with E-state index in [1.54, 1.807) is 61.5 Å². The third-order valence-corrected chi connectivity index (χ3v) is 6.36. The van der Waals surface area contributed by atoms with E-state index in [-0.39, 0.29) is 11.7 Å². The number of nitrogens with one attached hydrogen (secondary N) is 2. The molecule has 3 N–H and O–H groups in total. The number of piperidine rings is 1. The molecule has 0 radical (unpaired) electrons. The lowest BCUT2D eigenvalue weighted by Gasteiger charge is -2.32. The molecule has 3 amide bonds. The Morgan fingerprint density at radius 2 is 1.68 bits per heavy atom. The standard InChI is InChI=1S/C29H28F3N3O6/c1-18-14-23(41-29(30,31)32)16-24(26(18)19-6-3-2-4-7-19)27(38)34-20-8-5-9-22(15-20)40-21-10-12-35(13-11-21)28(39)33-17-25(36)37/h2-9,14-16,21H,10-13,17H2,1H3,(H,33,39)(H,34,38)(H,36,37). The predicted molar refractivity (Wildman–Crippen MR) is 144 cm³/mol. The van der Waals surface area contributed by atoms with E-state index in [0.29, 0.717) is 54.1 Å². The number of halogens is 3. The van der Waals surface area contributed by atoms with Crippen LogP contribution in [0.25, 0.3) is 11.1 Å². The van der Waals surface area contributed by atoms with Gasteiger partial charge in [0.05, 0.1) is 5.56 Å². The number of hydrogen-bond donors (Lipinski definition) is 3. The normalized spacial score (nSPS) is 13.8. The van der Waals surface area contributed by atoms with Crippen LogP contribution in [-0.4, -0.2) is 60.0 Å². The number of carbonyl (C=O) groups excluding carboxylic acids is 2. The van der Waals surface area contributed by atoms with Gasteiger partial charge in [-0.3, -0.25) is 9.59 Å². The van der Waals surface area contributed by atoms with Gasteiger partial charge in [0.15, 0.2) is 0 Å². The van der Waals surface area contributed by atoms with Crippen molar-refractivity contribution < 1.29 is 42.1 Å². The van der Waals surface area contributed by atoms with Gasteiger partial charge in [-0.2, -0.15) is 0 Å². The minimum atomic E-state index is -4.92. The zero-order valence-corrected chi connectivity index (χ0v) is 22.0. The van der Waals surface area contributed by atoms with Crippen LogP contribution in [0.15, 0.2) is 66.7 Å². The first kappa shape index (κ1) is 29.2. The zero-order chi connectivity index (χ0) is 29.6. The Labute approximate surface area is 233 Å². The molecule has 1 saturated heterocycles. The van der Waals surface area contributed by atoms with Crippen molar-refractivity contribution in [2.45, 2.75) is 32.2 Å². The van der Waals surface area contributed by atoms with Gasteiger partial charge in [-0.15, -0.1) is 13.2 Å². The van der Waals surface area contributed by atoms with Crippen LogP contribution in [0.1, 0.15) is 28.8 Å². The SMILES string of the molecule is Cc1cc(OC(F)(F)F)cc(C(=O)Nc2cccc(OC3CCN(C(=O)NCC(=O)O)CC3)c2)c1-c1ccccc1. The first-order valence-electron chi connectivity index (χ1n) is 12.8. The lowest BCUT2D eigenvalue weighted by Crippen LogP contribution is -2.47. The molecule has 0 aliphatic carbocycles. The minimum Gasteiger partial charge on any atom is -0.490 e. The number of hydrogen-bond acceptors (Lipinski definition) is 5. The molecule has 9 nitrogen and oxygen atoms in total. The van der Waals surface area contributed by atoms with Crippen molar-refractivity contribution in [3.05, 3.63) is 77.9 Å². The molecule has 0 aromatic heterocycles. The third kappa shape index (κ3) is 8.13. The van der Waals surface area contributed by atoms with Crippen molar-refractivity contribution in [2.24, 2.45) is 0 Å². The Kier molecular flexibility index (Phi) is 9.00. The first-order chi connectivity index (χ1) is 19.5. The van der Waals surface area contributed by atoms with Crippen LogP contribution in [0.2, 0.25) is 0 Å². The average molecular weight is 572 g/mol. The second-order valence-corrected chi connectivity index (χ2v) is 9.42. The van der Waals surface area contributed by atoms with Gasteiger partial charge in [0.2, 0.25) is 0 Å². The average Bonchev–Trinajstić information content (AvgIpc) is 2.91. The van der Waals surface area contributed by atoms with Crippen molar-refractivity contribution in [1.29, 1.82) is 0 Å². The monoisotopic (exact) mass is 571 g/mol. The van der Waals surface area contributed by atoms with Crippen molar-refractivity contribution in [1.82, 2.24) is 10.2 Å². The molecule has 4 rings (SSSR count). The molecular formula is C29H28F3N3O6. The largest absolute Gasteiger partial charge is 0.573 e. The number of nitrogens with zero attached hydrogens (tertiary/aromatic N) is 1. The summed E-state index contributed by atoms with van der Waals surface area (Å²) in [6, 6.07) is 17.3. The van der Waals surface area contributed by atoms with E-state index in [4.69, 9.17) is 9.84 Å². The molecule has 0 saturated carbocycles. The predicted octanol–water partition coefficient (Wildman–Crippen LogP) is 5.45. The maximum Gasteiger partial charge on any atom is 0.573 e. The lowest BCUT2D eigenvalue weighted by atomic mass is 9.94. The summed E-state index contributed by atoms with van der Waals surface area (Å²) in [5, 5.41) is 13.8. The van der Waals surface area contributed by atoms with Gasteiger partial charge < -0.3 is 30.1 Å². The number of alkyl halides is 3. The van der Waals surface area contributed by atoms with Crippen LogP contribution in [-0.2, 0) is 4.79 Å². The van der Waals surface area contributed by atoms with Gasteiger partial charge >= 0.3 is 18.4 Å². The van der Waals surface area contributed by atoms with Crippen molar-refractivity contribution in [3.8, 4) is 22.6 Å². The Morgan fingerprint density at radius 1 is 0.976 bits per heavy atom. The van der Waals surface area contributed by atoms with Gasteiger partial charge in [0, 0.05) is 37.7 Å². The summed E-state index contributed by atoms with van der Waals surface area (Å²) in [5.41, 5.74) is 1.95. The maximum atomic E-state index is 13.4. The second kappa shape index (κ2) is 12.6. The van der Waals surface area contributed by atoms with Crippen LogP contribution in [0.3, 0.4) is 0 Å². The number of ether oxygens (including phenoxy) is 2. The van der Waals surface area contributed by atoms with Crippen LogP contribution in [0, 0.1) is 6.92 Å². The second-order valence-electron chi connectivity index (χ2n) is 9.42. The molecule has 1 aliphatic rings. The van der Waals surface area contributed by atoms with Gasteiger partial charge in [0.25, 0.3) is 5.91 Å². The number of aryl methyl sites for hydroxylation is 1. The van der Waals surface area contributed by atoms with Gasteiger partial charge in [-0.25, -0.2) is 4.79 Å². The van der Waals surface area contributed by atoms with E-state index in [9.17, 15) is 27.6 Å². The fourth-order valence-corrected chi connectivity index (χ4v) is 4.59. The molecule has 216 valence electrons. The molecule has 12 heteroatoms. The highest BCUT2D eigenvalue weighted by Crippen LogP contribution is 2.34. The highest BCUT2D eigenvalue weighted by molar-refractivity contribution is 6.09. The van der Waals surface area contributed by atoms with Crippen molar-refractivity contribution >= 4 is 23.6 Å². The van der Waals surface area contributed by atoms with E-state index >= 15 is 0 Å². The molecule has 41 heavy (non-hydrogen) atoms. The summed E-state index contributed by atoms with van der Waals surface area (Å²) in [5.74, 6) is -1.79. The molecule has 0 atom stereocenters. The first-order valence-corrected chi connectivity index (χ1v) is 12.8. The topological polar surface area (TPSA) is 117 Å². The summed E-state index contributed by atoms with van der Waals surface area (Å²) in [7, 11) is 0. The number of carboxylic acid groups (broad SMARTS) is 1. The lowest BCUT2D eigenvalue weighted by molar-refractivity contribution is -0.274. The Morgan fingerprint density at radius 3 is 2.34 bits per heavy atom. The van der Waals surface area contributed by atoms with E-state index in [1.165, 1.54) is 11.0 Å². The third-order valence-electron chi connectivity index (χ3n) is 6.36. The zero-order valence-electron chi connectivity index (χ0n) is 22.0. The number of rotatable bonds is 8. The number of amides is 3. The molecule has 0 bridgehead atoms. The highest BCUT2D eigenvalue weighted by atomic mass is 19.4. The quantitative estimate of drug-likeness (QED) is 0.331. The molecular weight excluding hydrogens is 543 g/mol. The molecule has 1 fully saturated rings. The van der Waals surface area contributed by atoms with Crippen LogP contribution < -0.4 is 20.1 Å². The molecule has 3 aromatic carbocycles. The summed E-state index contributed by atoms with van der Waals surface area (Å²) in [6.45, 7) is 1.91. The van der Waals surface area contributed by atoms with Crippen molar-refractivity contribution in [2.75, 3.05) is 25.0 Å². The van der Waals surface area contributed by atoms with E-state index < -0.39 is 36.6 Å². The minimum absolute atomic E-state index is 0.00955. The number of carboxylic acids is 1. The number of urea groups is 1. The Hall–Kier alpha value is -4.74. The maximum absolute atomic E-state index is 13.4. The van der Waals surface area contributed by atoms with E-state index in [0.717, 1.165) is 6.07 Å². The Bertz CT molecular complexity index is 1410. The fraction of sp³-hybridized carbons (Fsp3) is 0.276. The molecule has 0 spiro atoms. The highest BCUT2D eigenvalue weighted by Gasteiger charge is 2.32. The molecule has 0 unspecified atom stereocenters. The van der Waals surface area contributed by atoms with Gasteiger partial charge in [0.1, 0.15) is 24.1 Å². The fourth-order valence-electron chi connectivity index (χ4n) is 4.59. The summed E-state index contributed by atoms with van der Waals surface area (Å²) in [6.07, 6.45) is -4.10. The summed E-state index contributed by atoms with van der Waals surface area (Å²) >= 11 is 0. The van der Waals surface area contributed by atoms with E-state index in [1.807, 2.05) is 0 Å². The molecule has 1 aliphatic heterocycles. The Balaban J connectivity index is 1.47. The van der Waals surface area contributed by atoms with Crippen LogP contribution in [0.4, 0.5) is 23.7 Å². The summed E-state index contributed by atoms with van der Waals surface area (Å²) < 4.78 is 49.0. The van der Waals surface area contributed by atoms with Crippen LogP contribution >= 0.6 is 0 Å². The van der Waals surface area contributed by atoms with Crippen molar-refractivity contribution in [3.63, 3.8) is 0 Å². The van der Waals surface area contributed by atoms with Crippen LogP contribution in [0.5, 0.6) is 11.5 Å². The van der Waals surface area contributed by atoms with Gasteiger partial charge in [-0.05, 0) is 47.9 Å². The van der Waals surface area contributed by atoms with E-state index in [2.05, 4.69) is 15.4 Å². The number of benzene rings is 3. The molecule has 3 aromatic rings. The summed E-state index contributed by atoms with van der Waals surface area (Å²) in [4.78, 5) is 37.6. The number of carbonyl (C=O) groups is 3. The number of likely N-dealkylation sites (tertiary alicyclic amines) is 1. The smallest absolute Gasteiger partial charge is 0.490 e. The van der Waals surface area contributed by atoms with Gasteiger partial charge in [-0.1, -0.05) is 36.4 Å². The number of anilines is 1. The number of aliphatic carboxylic acids is 1. The molecule has 1 heterocycles.